The zero-order chi connectivity index (χ0) is 18.5. The molecule has 0 spiro atoms. The maximum Gasteiger partial charge on any atom is 0.330 e. The van der Waals surface area contributed by atoms with E-state index >= 15 is 0 Å². The second kappa shape index (κ2) is 7.60. The quantitative estimate of drug-likeness (QED) is 0.319. The summed E-state index contributed by atoms with van der Waals surface area (Å²) in [6.07, 6.45) is 3.78. The van der Waals surface area contributed by atoms with Crippen molar-refractivity contribution in [1.29, 1.82) is 0 Å². The van der Waals surface area contributed by atoms with E-state index in [2.05, 4.69) is 9.98 Å². The summed E-state index contributed by atoms with van der Waals surface area (Å²) in [4.78, 5) is 29.9. The lowest BCUT2D eigenvalue weighted by molar-refractivity contribution is -0.384. The molecule has 0 saturated carbocycles. The molecule has 0 radical (unpaired) electrons. The number of carbonyl (C=O) groups is 1. The van der Waals surface area contributed by atoms with Gasteiger partial charge in [-0.2, -0.15) is 0 Å². The van der Waals surface area contributed by atoms with E-state index in [4.69, 9.17) is 4.74 Å². The number of nitrogens with one attached hydrogen (secondary N) is 1. The van der Waals surface area contributed by atoms with Crippen molar-refractivity contribution in [3.8, 4) is 0 Å². The Morgan fingerprint density at radius 1 is 1.27 bits per heavy atom. The summed E-state index contributed by atoms with van der Waals surface area (Å²) in [5, 5.41) is 11.7. The minimum Gasteiger partial charge on any atom is -0.467 e. The lowest BCUT2D eigenvalue weighted by Gasteiger charge is -2.09. The zero-order valence-electron chi connectivity index (χ0n) is 14.1. The van der Waals surface area contributed by atoms with Crippen molar-refractivity contribution in [1.82, 2.24) is 4.98 Å². The molecule has 7 heteroatoms. The van der Waals surface area contributed by atoms with E-state index in [1.807, 2.05) is 30.5 Å². The highest BCUT2D eigenvalue weighted by molar-refractivity contribution is 5.86. The molecule has 3 aromatic rings. The van der Waals surface area contributed by atoms with Crippen LogP contribution in [0, 0.1) is 10.1 Å². The van der Waals surface area contributed by atoms with Gasteiger partial charge in [0.05, 0.1) is 12.0 Å². The van der Waals surface area contributed by atoms with Gasteiger partial charge in [-0.25, -0.2) is 4.79 Å². The molecule has 26 heavy (non-hydrogen) atoms. The molecule has 132 valence electrons. The molecule has 0 aliphatic rings. The number of ether oxygens (including phenoxy) is 1. The first kappa shape index (κ1) is 17.3. The smallest absolute Gasteiger partial charge is 0.330 e. The van der Waals surface area contributed by atoms with Crippen LogP contribution in [0.3, 0.4) is 0 Å². The van der Waals surface area contributed by atoms with Crippen LogP contribution >= 0.6 is 0 Å². The number of non-ortho nitro benzene ring substituents is 1. The molecule has 1 N–H and O–H groups in total. The first-order valence-corrected chi connectivity index (χ1v) is 7.99. The summed E-state index contributed by atoms with van der Waals surface area (Å²) in [6.45, 7) is 0. The normalized spacial score (nSPS) is 12.3. The molecular weight excluding hydrogens is 334 g/mol. The fraction of sp³-hybridized carbons (Fsp3) is 0.158. The van der Waals surface area contributed by atoms with Crippen LogP contribution < -0.4 is 0 Å². The van der Waals surface area contributed by atoms with Gasteiger partial charge >= 0.3 is 5.97 Å². The van der Waals surface area contributed by atoms with Gasteiger partial charge in [-0.1, -0.05) is 18.2 Å². The highest BCUT2D eigenvalue weighted by Gasteiger charge is 2.19. The van der Waals surface area contributed by atoms with Crippen LogP contribution in [0.5, 0.6) is 0 Å². The molecule has 0 saturated heterocycles. The van der Waals surface area contributed by atoms with Crippen LogP contribution in [0.1, 0.15) is 11.1 Å². The number of nitro benzene ring substituents is 1. The molecule has 1 heterocycles. The largest absolute Gasteiger partial charge is 0.467 e. The minimum absolute atomic E-state index is 0.00506. The van der Waals surface area contributed by atoms with Gasteiger partial charge in [0.1, 0.15) is 0 Å². The molecule has 0 aliphatic carbocycles. The highest BCUT2D eigenvalue weighted by Crippen LogP contribution is 2.20. The number of hydrogen-bond acceptors (Lipinski definition) is 5. The maximum absolute atomic E-state index is 12.1. The van der Waals surface area contributed by atoms with Gasteiger partial charge in [0, 0.05) is 41.9 Å². The van der Waals surface area contributed by atoms with Crippen LogP contribution in [0.2, 0.25) is 0 Å². The predicted octanol–water partition coefficient (Wildman–Crippen LogP) is 3.28. The number of benzene rings is 2. The van der Waals surface area contributed by atoms with Crippen molar-refractivity contribution in [3.05, 3.63) is 76.0 Å². The fourth-order valence-electron chi connectivity index (χ4n) is 2.70. The Labute approximate surface area is 149 Å². The summed E-state index contributed by atoms with van der Waals surface area (Å²) in [6, 6.07) is 13.1. The summed E-state index contributed by atoms with van der Waals surface area (Å²) in [7, 11) is 1.33. The molecule has 0 amide bonds. The third-order valence-corrected chi connectivity index (χ3v) is 4.07. The number of para-hydroxylation sites is 1. The molecule has 0 bridgehead atoms. The third kappa shape index (κ3) is 3.77. The van der Waals surface area contributed by atoms with Gasteiger partial charge < -0.3 is 9.72 Å². The Bertz CT molecular complexity index is 960. The number of H-pyrrole nitrogens is 1. The summed E-state index contributed by atoms with van der Waals surface area (Å²) in [5.41, 5.74) is 2.64. The number of hydrogen-bond donors (Lipinski definition) is 1. The number of carbonyl (C=O) groups excluding carboxylic acids is 1. The molecular formula is C19H17N3O4. The number of rotatable bonds is 6. The highest BCUT2D eigenvalue weighted by atomic mass is 16.6. The van der Waals surface area contributed by atoms with E-state index in [0.717, 1.165) is 16.5 Å². The second-order valence-corrected chi connectivity index (χ2v) is 5.73. The van der Waals surface area contributed by atoms with E-state index in [0.29, 0.717) is 12.0 Å². The number of nitro groups is 1. The molecule has 3 rings (SSSR count). The average Bonchev–Trinajstić information content (AvgIpc) is 3.07. The average molecular weight is 351 g/mol. The van der Waals surface area contributed by atoms with Gasteiger partial charge in [0.2, 0.25) is 0 Å². The molecule has 7 nitrogen and oxygen atoms in total. The fourth-order valence-corrected chi connectivity index (χ4v) is 2.70. The van der Waals surface area contributed by atoms with Crippen LogP contribution in [-0.4, -0.2) is 35.2 Å². The molecule has 2 aromatic carbocycles. The van der Waals surface area contributed by atoms with Crippen molar-refractivity contribution < 1.29 is 14.5 Å². The maximum atomic E-state index is 12.1. The SMILES string of the molecule is COC(=O)[C@@H](Cc1c[nH]c2ccccc12)N=Cc1ccc([N+](=O)[O-])cc1. The van der Waals surface area contributed by atoms with E-state index in [1.165, 1.54) is 25.5 Å². The summed E-state index contributed by atoms with van der Waals surface area (Å²) >= 11 is 0. The second-order valence-electron chi connectivity index (χ2n) is 5.73. The van der Waals surface area contributed by atoms with Crippen molar-refractivity contribution in [3.63, 3.8) is 0 Å². The molecule has 1 aromatic heterocycles. The Kier molecular flexibility index (Phi) is 5.07. The summed E-state index contributed by atoms with van der Waals surface area (Å²) < 4.78 is 4.86. The number of aliphatic imine (C=N–C) groups is 1. The Hall–Kier alpha value is -3.48. The monoisotopic (exact) mass is 351 g/mol. The number of methoxy groups -OCH3 is 1. The van der Waals surface area contributed by atoms with E-state index < -0.39 is 16.9 Å². The van der Waals surface area contributed by atoms with Crippen molar-refractivity contribution >= 4 is 28.8 Å². The van der Waals surface area contributed by atoms with E-state index in [-0.39, 0.29) is 5.69 Å². The first-order chi connectivity index (χ1) is 12.6. The topological polar surface area (TPSA) is 97.6 Å². The van der Waals surface area contributed by atoms with Crippen LogP contribution in [0.4, 0.5) is 5.69 Å². The predicted molar refractivity (Wildman–Crippen MR) is 98.5 cm³/mol. The van der Waals surface area contributed by atoms with Crippen molar-refractivity contribution in [2.75, 3.05) is 7.11 Å². The van der Waals surface area contributed by atoms with Gasteiger partial charge in [-0.15, -0.1) is 0 Å². The zero-order valence-corrected chi connectivity index (χ0v) is 14.1. The molecule has 0 aliphatic heterocycles. The Balaban J connectivity index is 1.82. The number of aromatic amines is 1. The number of fused-ring (bicyclic) bond motifs is 1. The lowest BCUT2D eigenvalue weighted by Crippen LogP contribution is -2.23. The molecule has 0 fully saturated rings. The first-order valence-electron chi connectivity index (χ1n) is 7.99. The standard InChI is InChI=1S/C19H17N3O4/c1-26-19(23)18(10-14-12-21-17-5-3-2-4-16(14)17)20-11-13-6-8-15(9-7-13)22(24)25/h2-9,11-12,18,21H,10H2,1H3/t18-/m1/s1. The third-order valence-electron chi connectivity index (χ3n) is 4.07. The van der Waals surface area contributed by atoms with Gasteiger partial charge in [-0.05, 0) is 29.3 Å². The lowest BCUT2D eigenvalue weighted by atomic mass is 10.1. The van der Waals surface area contributed by atoms with Crippen molar-refractivity contribution in [2.24, 2.45) is 4.99 Å². The summed E-state index contributed by atoms with van der Waals surface area (Å²) in [5.74, 6) is -0.437. The van der Waals surface area contributed by atoms with E-state index in [1.54, 1.807) is 12.1 Å². The molecule has 0 unspecified atom stereocenters. The Morgan fingerprint density at radius 2 is 2.00 bits per heavy atom. The number of esters is 1. The van der Waals surface area contributed by atoms with Crippen LogP contribution in [0.25, 0.3) is 10.9 Å². The van der Waals surface area contributed by atoms with Crippen LogP contribution in [-0.2, 0) is 16.0 Å². The Morgan fingerprint density at radius 3 is 2.69 bits per heavy atom. The van der Waals surface area contributed by atoms with Crippen LogP contribution in [0.15, 0.2) is 59.7 Å². The van der Waals surface area contributed by atoms with Gasteiger partial charge in [0.25, 0.3) is 5.69 Å². The van der Waals surface area contributed by atoms with Gasteiger partial charge in [-0.3, -0.25) is 15.1 Å². The minimum atomic E-state index is -0.700. The van der Waals surface area contributed by atoms with Gasteiger partial charge in [0.15, 0.2) is 6.04 Å². The number of aromatic nitrogens is 1. The molecule has 1 atom stereocenters. The van der Waals surface area contributed by atoms with Crippen molar-refractivity contribution in [2.45, 2.75) is 12.5 Å². The number of nitrogens with zero attached hydrogens (tertiary/aromatic N) is 2. The van der Waals surface area contributed by atoms with E-state index in [9.17, 15) is 14.9 Å².